The zero-order chi connectivity index (χ0) is 9.40. The maximum Gasteiger partial charge on any atom is 1.00 e. The Morgan fingerprint density at radius 1 is 1.15 bits per heavy atom. The molecule has 0 fully saturated rings. The van der Waals surface area contributed by atoms with Gasteiger partial charge in [0.25, 0.3) is 0 Å². The van der Waals surface area contributed by atoms with Gasteiger partial charge in [-0.1, -0.05) is 0 Å². The third-order valence-electron chi connectivity index (χ3n) is 1.02. The van der Waals surface area contributed by atoms with Crippen molar-refractivity contribution >= 4 is 11.9 Å². The predicted octanol–water partition coefficient (Wildman–Crippen LogP) is -6.00. The van der Waals surface area contributed by atoms with Crippen LogP contribution in [0.5, 0.6) is 0 Å². The molecular weight excluding hydrogens is 187 g/mol. The first-order chi connectivity index (χ1) is 5.63. The summed E-state index contributed by atoms with van der Waals surface area (Å²) in [5, 5.41) is 23.1. The molecule has 0 heterocycles. The van der Waals surface area contributed by atoms with E-state index in [1.165, 1.54) is 0 Å². The summed E-state index contributed by atoms with van der Waals surface area (Å²) in [4.78, 5) is 19.8. The van der Waals surface area contributed by atoms with E-state index in [1.807, 2.05) is 0 Å². The molecule has 0 rings (SSSR count). The van der Waals surface area contributed by atoms with E-state index >= 15 is 0 Å². The molecule has 0 unspecified atom stereocenters. The minimum absolute atomic E-state index is 0. The number of hydrogen-bond acceptors (Lipinski definition) is 5. The van der Waals surface area contributed by atoms with Gasteiger partial charge in [0.15, 0.2) is 0 Å². The van der Waals surface area contributed by atoms with Gasteiger partial charge in [0, 0.05) is 19.6 Å². The number of carboxylic acids is 2. The maximum atomic E-state index is 9.95. The van der Waals surface area contributed by atoms with Crippen molar-refractivity contribution < 1.29 is 49.4 Å². The molecule has 0 aromatic heterocycles. The number of aliphatic carboxylic acids is 2. The van der Waals surface area contributed by atoms with Crippen molar-refractivity contribution in [3.8, 4) is 0 Å². The van der Waals surface area contributed by atoms with E-state index in [9.17, 15) is 14.7 Å². The van der Waals surface area contributed by atoms with Crippen LogP contribution in [0.3, 0.4) is 0 Å². The third kappa shape index (κ3) is 14.7. The fourth-order valence-corrected chi connectivity index (χ4v) is 0.563. The van der Waals surface area contributed by atoms with E-state index in [0.29, 0.717) is 13.1 Å². The molecule has 0 saturated carbocycles. The van der Waals surface area contributed by atoms with Crippen LogP contribution in [-0.4, -0.2) is 43.2 Å². The van der Waals surface area contributed by atoms with Crippen LogP contribution in [0.25, 0.3) is 0 Å². The van der Waals surface area contributed by atoms with Crippen molar-refractivity contribution in [1.29, 1.82) is 0 Å². The fraction of sp³-hybridized carbons (Fsp3) is 0.667. The van der Waals surface area contributed by atoms with Gasteiger partial charge in [-0.05, 0) is 0 Å². The number of carboxylic acid groups (broad SMARTS) is 2. The molecule has 0 bridgehead atoms. The molecule has 0 aliphatic heterocycles. The van der Waals surface area contributed by atoms with Gasteiger partial charge < -0.3 is 25.6 Å². The van der Waals surface area contributed by atoms with Crippen molar-refractivity contribution in [2.24, 2.45) is 0 Å². The van der Waals surface area contributed by atoms with Crippen LogP contribution in [-0.2, 0) is 9.59 Å². The van der Waals surface area contributed by atoms with Gasteiger partial charge in [0.1, 0.15) is 0 Å². The number of nitrogens with one attached hydrogen (secondary N) is 2. The summed E-state index contributed by atoms with van der Waals surface area (Å²) in [5.74, 6) is -2.11. The van der Waals surface area contributed by atoms with E-state index in [0.717, 1.165) is 0 Å². The average molecular weight is 198 g/mol. The summed E-state index contributed by atoms with van der Waals surface area (Å²) in [6, 6.07) is 0. The Balaban J connectivity index is 0. The smallest absolute Gasteiger partial charge is 0.549 e. The summed E-state index contributed by atoms with van der Waals surface area (Å²) >= 11 is 0. The number of hydrogen-bond donors (Lipinski definition) is 3. The van der Waals surface area contributed by atoms with E-state index in [2.05, 4.69) is 10.6 Å². The first-order valence-electron chi connectivity index (χ1n) is 3.46. The average Bonchev–Trinajstić information content (AvgIpc) is 1.95. The molecule has 0 aliphatic rings. The van der Waals surface area contributed by atoms with Crippen LogP contribution < -0.4 is 45.3 Å². The van der Waals surface area contributed by atoms with Crippen LogP contribution in [0.4, 0.5) is 0 Å². The van der Waals surface area contributed by atoms with Gasteiger partial charge in [-0.2, -0.15) is 0 Å². The summed E-state index contributed by atoms with van der Waals surface area (Å²) in [7, 11) is 0. The quantitative estimate of drug-likeness (QED) is 0.278. The molecule has 0 aromatic carbocycles. The minimum atomic E-state index is -1.17. The Bertz CT molecular complexity index is 147. The van der Waals surface area contributed by atoms with Gasteiger partial charge in [-0.15, -0.1) is 0 Å². The zero-order valence-electron chi connectivity index (χ0n) is 7.50. The monoisotopic (exact) mass is 198 g/mol. The summed E-state index contributed by atoms with van der Waals surface area (Å²) in [5.41, 5.74) is 0. The molecule has 0 saturated heterocycles. The molecular formula is C6H11N2NaO4. The Labute approximate surface area is 98.0 Å². The molecule has 0 aromatic rings. The molecule has 3 N–H and O–H groups in total. The predicted molar refractivity (Wildman–Crippen MR) is 38.4 cm³/mol. The van der Waals surface area contributed by atoms with Crippen molar-refractivity contribution in [2.45, 2.75) is 0 Å². The minimum Gasteiger partial charge on any atom is -0.549 e. The van der Waals surface area contributed by atoms with Crippen LogP contribution >= 0.6 is 0 Å². The molecule has 0 spiro atoms. The first kappa shape index (κ1) is 15.3. The SMILES string of the molecule is O=C([O-])CNCCNCC(=O)O.[Na+]. The van der Waals surface area contributed by atoms with Crippen LogP contribution in [0.15, 0.2) is 0 Å². The van der Waals surface area contributed by atoms with Crippen molar-refractivity contribution in [2.75, 3.05) is 26.2 Å². The Hall–Kier alpha value is -0.140. The normalized spacial score (nSPS) is 8.92. The van der Waals surface area contributed by atoms with Crippen LogP contribution in [0.2, 0.25) is 0 Å². The second-order valence-electron chi connectivity index (χ2n) is 2.12. The molecule has 70 valence electrons. The first-order valence-corrected chi connectivity index (χ1v) is 3.46. The van der Waals surface area contributed by atoms with Crippen molar-refractivity contribution in [1.82, 2.24) is 10.6 Å². The molecule has 6 nitrogen and oxygen atoms in total. The van der Waals surface area contributed by atoms with Gasteiger partial charge >= 0.3 is 35.5 Å². The second-order valence-corrected chi connectivity index (χ2v) is 2.12. The van der Waals surface area contributed by atoms with Gasteiger partial charge in [-0.3, -0.25) is 4.79 Å². The van der Waals surface area contributed by atoms with E-state index in [4.69, 9.17) is 5.11 Å². The van der Waals surface area contributed by atoms with E-state index < -0.39 is 11.9 Å². The number of rotatable bonds is 7. The molecule has 0 radical (unpaired) electrons. The van der Waals surface area contributed by atoms with E-state index in [1.54, 1.807) is 0 Å². The molecule has 0 aliphatic carbocycles. The standard InChI is InChI=1S/C6H12N2O4.Na/c9-5(10)3-7-1-2-8-4-6(11)12;/h7-8H,1-4H2,(H,9,10)(H,11,12);/q;+1/p-1. The number of carbonyl (C=O) groups is 2. The summed E-state index contributed by atoms with van der Waals surface area (Å²) in [6.45, 7) is 0.489. The Morgan fingerprint density at radius 3 is 2.00 bits per heavy atom. The molecule has 0 atom stereocenters. The molecule has 13 heavy (non-hydrogen) atoms. The summed E-state index contributed by atoms with van der Waals surface area (Å²) in [6.07, 6.45) is 0. The largest absolute Gasteiger partial charge is 1.00 e. The maximum absolute atomic E-state index is 9.95. The van der Waals surface area contributed by atoms with Crippen molar-refractivity contribution in [3.05, 3.63) is 0 Å². The van der Waals surface area contributed by atoms with Gasteiger partial charge in [0.2, 0.25) is 0 Å². The van der Waals surface area contributed by atoms with Crippen molar-refractivity contribution in [3.63, 3.8) is 0 Å². The van der Waals surface area contributed by atoms with Crippen LogP contribution in [0.1, 0.15) is 0 Å². The summed E-state index contributed by atoms with van der Waals surface area (Å²) < 4.78 is 0. The van der Waals surface area contributed by atoms with Gasteiger partial charge in [-0.25, -0.2) is 0 Å². The molecule has 0 amide bonds. The third-order valence-corrected chi connectivity index (χ3v) is 1.02. The Kier molecular flexibility index (Phi) is 11.7. The molecule has 7 heteroatoms. The topological polar surface area (TPSA) is 101 Å². The zero-order valence-corrected chi connectivity index (χ0v) is 9.50. The van der Waals surface area contributed by atoms with Gasteiger partial charge in [0.05, 0.1) is 12.5 Å². The Morgan fingerprint density at radius 2 is 1.62 bits per heavy atom. The van der Waals surface area contributed by atoms with Crippen LogP contribution in [0, 0.1) is 0 Å². The second kappa shape index (κ2) is 9.94. The fourth-order valence-electron chi connectivity index (χ4n) is 0.563. The van der Waals surface area contributed by atoms with E-state index in [-0.39, 0.29) is 42.6 Å². The number of carbonyl (C=O) groups excluding carboxylic acids is 1.